The third kappa shape index (κ3) is 4.91. The Hall–Kier alpha value is -2.36. The summed E-state index contributed by atoms with van der Waals surface area (Å²) in [6.07, 6.45) is 17.3. The molecule has 4 aliphatic carbocycles. The number of hydrogen-bond acceptors (Lipinski definition) is 4. The Kier molecular flexibility index (Phi) is 7.52. The number of hydrogen-bond donors (Lipinski definition) is 0. The van der Waals surface area contributed by atoms with E-state index < -0.39 is 11.6 Å². The number of ether oxygens (including phenoxy) is 1. The van der Waals surface area contributed by atoms with Gasteiger partial charge in [0.1, 0.15) is 17.3 Å². The van der Waals surface area contributed by atoms with E-state index in [4.69, 9.17) is 9.15 Å². The smallest absolute Gasteiger partial charge is 0.351 e. The van der Waals surface area contributed by atoms with Crippen LogP contribution in [0.4, 0.5) is 0 Å². The minimum Gasteiger partial charge on any atom is -0.458 e. The minimum atomic E-state index is -0.623. The fourth-order valence-electron chi connectivity index (χ4n) is 10.3. The van der Waals surface area contributed by atoms with Gasteiger partial charge in [-0.05, 0) is 103 Å². The van der Waals surface area contributed by atoms with Crippen molar-refractivity contribution < 1.29 is 13.9 Å². The molecule has 4 nitrogen and oxygen atoms in total. The van der Waals surface area contributed by atoms with Gasteiger partial charge in [0.25, 0.3) is 0 Å². The van der Waals surface area contributed by atoms with Crippen molar-refractivity contribution in [2.45, 2.75) is 118 Å². The molecule has 6 rings (SSSR count). The highest BCUT2D eigenvalue weighted by molar-refractivity contribution is 5.92. The van der Waals surface area contributed by atoms with Crippen LogP contribution >= 0.6 is 0 Å². The Balaban J connectivity index is 1.15. The maximum Gasteiger partial charge on any atom is 0.351 e. The zero-order chi connectivity index (χ0) is 29.0. The molecule has 4 aliphatic rings. The highest BCUT2D eigenvalue weighted by atomic mass is 16.5. The standard InChI is InChI=1S/C37H50O4/c1-24(2)10-6-8-12-26-14-15-31-35(26,3)21-18-32-36(4)20-17-28(23-27(36)16-19-37(31,32)5)40-33(38)29-22-25-11-7-9-13-30(25)41-34(29)39/h7,9,11,13,16,22,24,26,28,31-32H,6,8,10,12,14-15,17-21,23H2,1-5H3/t26-,28-,31+,32-,35+,36-,37-/m0/s1. The second-order valence-corrected chi connectivity index (χ2v) is 15.2. The van der Waals surface area contributed by atoms with E-state index in [-0.39, 0.29) is 17.1 Å². The molecule has 0 amide bonds. The van der Waals surface area contributed by atoms with Gasteiger partial charge in [0.15, 0.2) is 0 Å². The van der Waals surface area contributed by atoms with Crippen LogP contribution in [0.25, 0.3) is 11.0 Å². The van der Waals surface area contributed by atoms with Crippen LogP contribution in [0.2, 0.25) is 0 Å². The third-order valence-corrected chi connectivity index (χ3v) is 12.5. The summed E-state index contributed by atoms with van der Waals surface area (Å²) >= 11 is 0. The Bertz CT molecular complexity index is 1380. The number of fused-ring (bicyclic) bond motifs is 6. The predicted octanol–water partition coefficient (Wildman–Crippen LogP) is 9.50. The molecule has 0 aliphatic heterocycles. The summed E-state index contributed by atoms with van der Waals surface area (Å²) in [5.74, 6) is 2.65. The van der Waals surface area contributed by atoms with Gasteiger partial charge in [-0.1, -0.05) is 83.7 Å². The van der Waals surface area contributed by atoms with E-state index in [1.54, 1.807) is 12.1 Å². The highest BCUT2D eigenvalue weighted by Crippen LogP contribution is 2.71. The van der Waals surface area contributed by atoms with Crippen molar-refractivity contribution in [3.8, 4) is 0 Å². The van der Waals surface area contributed by atoms with Crippen LogP contribution in [-0.2, 0) is 4.74 Å². The lowest BCUT2D eigenvalue weighted by atomic mass is 9.41. The Morgan fingerprint density at radius 1 is 1.00 bits per heavy atom. The van der Waals surface area contributed by atoms with Gasteiger partial charge in [-0.2, -0.15) is 0 Å². The van der Waals surface area contributed by atoms with Crippen LogP contribution in [0, 0.1) is 39.9 Å². The molecule has 1 aromatic heterocycles. The lowest BCUT2D eigenvalue weighted by Crippen LogP contribution is -2.56. The summed E-state index contributed by atoms with van der Waals surface area (Å²) in [5.41, 5.74) is 2.36. The molecule has 0 N–H and O–H groups in total. The lowest BCUT2D eigenvalue weighted by Gasteiger charge is -2.63. The lowest BCUT2D eigenvalue weighted by molar-refractivity contribution is -0.110. The molecule has 222 valence electrons. The first-order valence-electron chi connectivity index (χ1n) is 16.5. The molecule has 1 aromatic carbocycles. The predicted molar refractivity (Wildman–Crippen MR) is 165 cm³/mol. The van der Waals surface area contributed by atoms with E-state index in [0.29, 0.717) is 22.3 Å². The molecule has 3 fully saturated rings. The fourth-order valence-corrected chi connectivity index (χ4v) is 10.3. The van der Waals surface area contributed by atoms with E-state index >= 15 is 0 Å². The summed E-state index contributed by atoms with van der Waals surface area (Å²) in [6.45, 7) is 12.5. The third-order valence-electron chi connectivity index (χ3n) is 12.5. The maximum absolute atomic E-state index is 13.1. The monoisotopic (exact) mass is 558 g/mol. The second kappa shape index (κ2) is 10.7. The van der Waals surface area contributed by atoms with Gasteiger partial charge < -0.3 is 9.15 Å². The molecule has 41 heavy (non-hydrogen) atoms. The van der Waals surface area contributed by atoms with Crippen LogP contribution in [0.15, 0.2) is 51.2 Å². The molecule has 2 aromatic rings. The topological polar surface area (TPSA) is 56.5 Å². The molecule has 4 heteroatoms. The number of carbonyl (C=O) groups is 1. The van der Waals surface area contributed by atoms with Gasteiger partial charge in [0.05, 0.1) is 0 Å². The fraction of sp³-hybridized carbons (Fsp3) is 0.676. The molecular formula is C37H50O4. The second-order valence-electron chi connectivity index (χ2n) is 15.2. The van der Waals surface area contributed by atoms with Crippen molar-refractivity contribution in [2.75, 3.05) is 0 Å². The van der Waals surface area contributed by atoms with E-state index in [0.717, 1.165) is 48.8 Å². The normalized spacial score (nSPS) is 36.4. The first-order chi connectivity index (χ1) is 19.5. The Morgan fingerprint density at radius 3 is 2.61 bits per heavy atom. The Labute approximate surface area is 246 Å². The van der Waals surface area contributed by atoms with Gasteiger partial charge in [0, 0.05) is 11.8 Å². The average Bonchev–Trinajstić information content (AvgIpc) is 3.28. The van der Waals surface area contributed by atoms with Crippen molar-refractivity contribution in [2.24, 2.45) is 39.9 Å². The van der Waals surface area contributed by atoms with E-state index in [9.17, 15) is 9.59 Å². The van der Waals surface area contributed by atoms with Crippen LogP contribution < -0.4 is 5.63 Å². The summed E-state index contributed by atoms with van der Waals surface area (Å²) < 4.78 is 11.4. The largest absolute Gasteiger partial charge is 0.458 e. The molecular weight excluding hydrogens is 508 g/mol. The molecule has 1 heterocycles. The molecule has 0 radical (unpaired) electrons. The van der Waals surface area contributed by atoms with E-state index in [1.165, 1.54) is 56.9 Å². The van der Waals surface area contributed by atoms with Crippen LogP contribution in [0.1, 0.15) is 122 Å². The van der Waals surface area contributed by atoms with Crippen LogP contribution in [0.5, 0.6) is 0 Å². The first-order valence-corrected chi connectivity index (χ1v) is 16.5. The quantitative estimate of drug-likeness (QED) is 0.147. The van der Waals surface area contributed by atoms with E-state index in [1.807, 2.05) is 18.2 Å². The summed E-state index contributed by atoms with van der Waals surface area (Å²) in [6, 6.07) is 8.89. The van der Waals surface area contributed by atoms with Crippen molar-refractivity contribution in [1.29, 1.82) is 0 Å². The maximum atomic E-state index is 13.1. The zero-order valence-corrected chi connectivity index (χ0v) is 26.0. The number of para-hydroxylation sites is 1. The number of allylic oxidation sites excluding steroid dienone is 1. The molecule has 0 spiro atoms. The number of esters is 1. The molecule has 0 unspecified atom stereocenters. The van der Waals surface area contributed by atoms with Gasteiger partial charge >= 0.3 is 11.6 Å². The number of unbranched alkanes of at least 4 members (excludes halogenated alkanes) is 1. The molecule has 0 bridgehead atoms. The summed E-state index contributed by atoms with van der Waals surface area (Å²) in [7, 11) is 0. The van der Waals surface area contributed by atoms with Crippen molar-refractivity contribution in [3.63, 3.8) is 0 Å². The first kappa shape index (κ1) is 28.7. The van der Waals surface area contributed by atoms with Gasteiger partial charge in [-0.3, -0.25) is 0 Å². The van der Waals surface area contributed by atoms with Gasteiger partial charge in [0.2, 0.25) is 0 Å². The molecule has 0 saturated heterocycles. The van der Waals surface area contributed by atoms with Crippen molar-refractivity contribution >= 4 is 16.9 Å². The number of carbonyl (C=O) groups excluding carboxylic acids is 1. The highest BCUT2D eigenvalue weighted by Gasteiger charge is 2.63. The van der Waals surface area contributed by atoms with Crippen molar-refractivity contribution in [3.05, 3.63) is 58.0 Å². The zero-order valence-electron chi connectivity index (χ0n) is 26.0. The van der Waals surface area contributed by atoms with E-state index in [2.05, 4.69) is 40.7 Å². The number of benzene rings is 1. The Morgan fingerprint density at radius 2 is 1.80 bits per heavy atom. The van der Waals surface area contributed by atoms with Crippen LogP contribution in [0.3, 0.4) is 0 Å². The van der Waals surface area contributed by atoms with Crippen molar-refractivity contribution in [1.82, 2.24) is 0 Å². The number of rotatable bonds is 7. The average molecular weight is 559 g/mol. The molecule has 3 saturated carbocycles. The van der Waals surface area contributed by atoms with Gasteiger partial charge in [-0.15, -0.1) is 0 Å². The summed E-state index contributed by atoms with van der Waals surface area (Å²) in [5, 5.41) is 0.735. The van der Waals surface area contributed by atoms with Gasteiger partial charge in [-0.25, -0.2) is 9.59 Å². The molecule has 7 atom stereocenters. The van der Waals surface area contributed by atoms with Crippen LogP contribution in [-0.4, -0.2) is 12.1 Å². The SMILES string of the molecule is CC(C)CCCC[C@H]1CC[C@H]2[C@]3(C)CC=C4C[C@@H](OC(=O)c5cc6ccccc6oc5=O)CC[C@]4(C)[C@@H]3CC[C@]12C. The minimum absolute atomic E-state index is 0.00575. The summed E-state index contributed by atoms with van der Waals surface area (Å²) in [4.78, 5) is 25.7.